The van der Waals surface area contributed by atoms with Crippen molar-refractivity contribution < 1.29 is 9.90 Å². The number of rotatable bonds is 6. The monoisotopic (exact) mass is 265 g/mol. The van der Waals surface area contributed by atoms with Crippen LogP contribution in [0, 0.1) is 23.2 Å². The molecule has 4 saturated carbocycles. The zero-order chi connectivity index (χ0) is 13.3. The van der Waals surface area contributed by atoms with Gasteiger partial charge < -0.3 is 10.4 Å². The lowest BCUT2D eigenvalue weighted by molar-refractivity contribution is -0.123. The average Bonchev–Trinajstić information content (AvgIpc) is 2.35. The third kappa shape index (κ3) is 2.96. The van der Waals surface area contributed by atoms with Crippen LogP contribution in [-0.4, -0.2) is 24.2 Å². The first-order valence-electron chi connectivity index (χ1n) is 8.07. The fourth-order valence-corrected chi connectivity index (χ4v) is 5.28. The van der Waals surface area contributed by atoms with Crippen LogP contribution in [0.1, 0.15) is 57.8 Å². The van der Waals surface area contributed by atoms with E-state index in [1.165, 1.54) is 38.5 Å². The SMILES string of the molecule is O=C(CCCCO)NCC12CC3CC(CC(C3)C1)C2. The molecule has 4 fully saturated rings. The van der Waals surface area contributed by atoms with E-state index in [4.69, 9.17) is 5.11 Å². The second-order valence-corrected chi connectivity index (χ2v) is 7.37. The van der Waals surface area contributed by atoms with Gasteiger partial charge in [0, 0.05) is 19.6 Å². The number of hydrogen-bond acceptors (Lipinski definition) is 2. The van der Waals surface area contributed by atoms with Gasteiger partial charge in [-0.05, 0) is 74.5 Å². The van der Waals surface area contributed by atoms with E-state index in [1.54, 1.807) is 0 Å². The first kappa shape index (κ1) is 13.4. The van der Waals surface area contributed by atoms with Gasteiger partial charge in [-0.3, -0.25) is 4.79 Å². The van der Waals surface area contributed by atoms with E-state index in [-0.39, 0.29) is 12.5 Å². The Morgan fingerprint density at radius 3 is 2.16 bits per heavy atom. The van der Waals surface area contributed by atoms with Crippen LogP contribution in [0.15, 0.2) is 0 Å². The highest BCUT2D eigenvalue weighted by molar-refractivity contribution is 5.75. The molecule has 0 radical (unpaired) electrons. The summed E-state index contributed by atoms with van der Waals surface area (Å²) < 4.78 is 0. The minimum absolute atomic E-state index is 0.184. The first-order valence-corrected chi connectivity index (χ1v) is 8.07. The summed E-state index contributed by atoms with van der Waals surface area (Å²) in [5.41, 5.74) is 0.446. The summed E-state index contributed by atoms with van der Waals surface area (Å²) in [7, 11) is 0. The van der Waals surface area contributed by atoms with Crippen molar-refractivity contribution in [2.45, 2.75) is 57.8 Å². The third-order valence-electron chi connectivity index (χ3n) is 5.64. The molecule has 4 aliphatic rings. The van der Waals surface area contributed by atoms with Gasteiger partial charge >= 0.3 is 0 Å². The van der Waals surface area contributed by atoms with Crippen molar-refractivity contribution in [1.29, 1.82) is 0 Å². The number of aliphatic hydroxyl groups is 1. The molecule has 0 spiro atoms. The minimum Gasteiger partial charge on any atom is -0.396 e. The molecule has 4 rings (SSSR count). The average molecular weight is 265 g/mol. The molecule has 4 aliphatic carbocycles. The highest BCUT2D eigenvalue weighted by Gasteiger charge is 2.50. The van der Waals surface area contributed by atoms with E-state index in [0.717, 1.165) is 37.1 Å². The van der Waals surface area contributed by atoms with E-state index in [1.807, 2.05) is 0 Å². The Labute approximate surface area is 116 Å². The molecule has 3 nitrogen and oxygen atoms in total. The predicted molar refractivity (Wildman–Crippen MR) is 74.6 cm³/mol. The van der Waals surface area contributed by atoms with Crippen LogP contribution in [-0.2, 0) is 4.79 Å². The molecule has 2 N–H and O–H groups in total. The van der Waals surface area contributed by atoms with Gasteiger partial charge in [-0.2, -0.15) is 0 Å². The molecule has 0 heterocycles. The molecule has 0 aromatic rings. The van der Waals surface area contributed by atoms with Gasteiger partial charge in [-0.1, -0.05) is 0 Å². The zero-order valence-corrected chi connectivity index (χ0v) is 11.9. The van der Waals surface area contributed by atoms with Crippen molar-refractivity contribution in [3.63, 3.8) is 0 Å². The Kier molecular flexibility index (Phi) is 3.84. The van der Waals surface area contributed by atoms with Gasteiger partial charge in [0.1, 0.15) is 0 Å². The van der Waals surface area contributed by atoms with E-state index >= 15 is 0 Å². The smallest absolute Gasteiger partial charge is 0.220 e. The topological polar surface area (TPSA) is 49.3 Å². The first-order chi connectivity index (χ1) is 9.19. The number of aliphatic hydroxyl groups excluding tert-OH is 1. The van der Waals surface area contributed by atoms with Gasteiger partial charge in [0.15, 0.2) is 0 Å². The number of hydrogen-bond donors (Lipinski definition) is 2. The number of carbonyl (C=O) groups is 1. The zero-order valence-electron chi connectivity index (χ0n) is 11.9. The van der Waals surface area contributed by atoms with Crippen molar-refractivity contribution >= 4 is 5.91 Å². The second kappa shape index (κ2) is 5.43. The Morgan fingerprint density at radius 2 is 1.63 bits per heavy atom. The van der Waals surface area contributed by atoms with Crippen molar-refractivity contribution in [3.8, 4) is 0 Å². The largest absolute Gasteiger partial charge is 0.396 e. The maximum atomic E-state index is 11.8. The lowest BCUT2D eigenvalue weighted by atomic mass is 9.49. The molecule has 1 amide bonds. The Bertz CT molecular complexity index is 304. The number of nitrogens with one attached hydrogen (secondary N) is 1. The summed E-state index contributed by atoms with van der Waals surface area (Å²) in [5.74, 6) is 3.05. The molecular weight excluding hydrogens is 238 g/mol. The van der Waals surface area contributed by atoms with Crippen LogP contribution in [0.5, 0.6) is 0 Å². The second-order valence-electron chi connectivity index (χ2n) is 7.37. The lowest BCUT2D eigenvalue weighted by Crippen LogP contribution is -2.51. The van der Waals surface area contributed by atoms with Crippen LogP contribution >= 0.6 is 0 Å². The summed E-state index contributed by atoms with van der Waals surface area (Å²) in [6, 6.07) is 0. The van der Waals surface area contributed by atoms with Crippen molar-refractivity contribution in [2.75, 3.05) is 13.2 Å². The van der Waals surface area contributed by atoms with Crippen LogP contribution in [0.3, 0.4) is 0 Å². The summed E-state index contributed by atoms with van der Waals surface area (Å²) in [4.78, 5) is 11.8. The van der Waals surface area contributed by atoms with Crippen LogP contribution < -0.4 is 5.32 Å². The Hall–Kier alpha value is -0.570. The van der Waals surface area contributed by atoms with Crippen LogP contribution in [0.2, 0.25) is 0 Å². The standard InChI is InChI=1S/C16H27NO2/c18-4-2-1-3-15(19)17-11-16-8-12-5-13(9-16)7-14(6-12)10-16/h12-14,18H,1-11H2,(H,17,19). The number of amides is 1. The van der Waals surface area contributed by atoms with E-state index in [2.05, 4.69) is 5.32 Å². The van der Waals surface area contributed by atoms with Crippen molar-refractivity contribution in [2.24, 2.45) is 23.2 Å². The molecule has 0 aliphatic heterocycles. The summed E-state index contributed by atoms with van der Waals surface area (Å²) >= 11 is 0. The third-order valence-corrected chi connectivity index (χ3v) is 5.64. The highest BCUT2D eigenvalue weighted by atomic mass is 16.2. The predicted octanol–water partition coefficient (Wildman–Crippen LogP) is 2.48. The number of carbonyl (C=O) groups excluding carboxylic acids is 1. The molecule has 0 unspecified atom stereocenters. The molecule has 19 heavy (non-hydrogen) atoms. The fraction of sp³-hybridized carbons (Fsp3) is 0.938. The van der Waals surface area contributed by atoms with Gasteiger partial charge in [0.05, 0.1) is 0 Å². The molecule has 3 heteroatoms. The van der Waals surface area contributed by atoms with E-state index < -0.39 is 0 Å². The number of unbranched alkanes of at least 4 members (excludes halogenated alkanes) is 1. The molecule has 0 aromatic carbocycles. The van der Waals surface area contributed by atoms with Gasteiger partial charge in [-0.25, -0.2) is 0 Å². The summed E-state index contributed by atoms with van der Waals surface area (Å²) in [6.07, 6.45) is 10.6. The fourth-order valence-electron chi connectivity index (χ4n) is 5.28. The van der Waals surface area contributed by atoms with E-state index in [0.29, 0.717) is 11.8 Å². The highest BCUT2D eigenvalue weighted by Crippen LogP contribution is 2.59. The van der Waals surface area contributed by atoms with Gasteiger partial charge in [-0.15, -0.1) is 0 Å². The molecular formula is C16H27NO2. The lowest BCUT2D eigenvalue weighted by Gasteiger charge is -2.56. The molecule has 0 aromatic heterocycles. The quantitative estimate of drug-likeness (QED) is 0.725. The van der Waals surface area contributed by atoms with Crippen LogP contribution in [0.4, 0.5) is 0 Å². The molecule has 108 valence electrons. The minimum atomic E-state index is 0.184. The Morgan fingerprint density at radius 1 is 1.05 bits per heavy atom. The Balaban J connectivity index is 1.48. The van der Waals surface area contributed by atoms with Crippen molar-refractivity contribution in [3.05, 3.63) is 0 Å². The molecule has 4 bridgehead atoms. The van der Waals surface area contributed by atoms with Crippen LogP contribution in [0.25, 0.3) is 0 Å². The maximum absolute atomic E-state index is 11.8. The summed E-state index contributed by atoms with van der Waals surface area (Å²) in [5, 5.41) is 11.9. The summed E-state index contributed by atoms with van der Waals surface area (Å²) in [6.45, 7) is 1.11. The maximum Gasteiger partial charge on any atom is 0.220 e. The molecule has 0 atom stereocenters. The molecule has 0 saturated heterocycles. The van der Waals surface area contributed by atoms with Gasteiger partial charge in [0.2, 0.25) is 5.91 Å². The normalized spacial score (nSPS) is 39.5. The van der Waals surface area contributed by atoms with Gasteiger partial charge in [0.25, 0.3) is 0 Å². The van der Waals surface area contributed by atoms with Crippen molar-refractivity contribution in [1.82, 2.24) is 5.32 Å². The van der Waals surface area contributed by atoms with E-state index in [9.17, 15) is 4.79 Å².